The molecule has 1 aromatic rings. The van der Waals surface area contributed by atoms with Crippen LogP contribution in [0.4, 0.5) is 5.69 Å². The monoisotopic (exact) mass is 280 g/mol. The van der Waals surface area contributed by atoms with E-state index < -0.39 is 10.0 Å². The molecule has 0 amide bonds. The Morgan fingerprint density at radius 2 is 1.84 bits per heavy atom. The first-order chi connectivity index (χ1) is 9.04. The van der Waals surface area contributed by atoms with Crippen LogP contribution in [0.5, 0.6) is 0 Å². The van der Waals surface area contributed by atoms with Gasteiger partial charge in [0, 0.05) is 6.04 Å². The van der Waals surface area contributed by atoms with E-state index in [1.807, 2.05) is 0 Å². The zero-order chi connectivity index (χ0) is 13.5. The second-order valence-electron chi connectivity index (χ2n) is 5.84. The van der Waals surface area contributed by atoms with Gasteiger partial charge in [-0.1, -0.05) is 31.4 Å². The SMILES string of the molecule is Nc1ccccc1S(=O)(=O)NC1CC12CCCCC2. The maximum absolute atomic E-state index is 12.3. The van der Waals surface area contributed by atoms with Crippen LogP contribution in [0.3, 0.4) is 0 Å². The molecule has 5 heteroatoms. The molecule has 0 saturated heterocycles. The van der Waals surface area contributed by atoms with Gasteiger partial charge in [-0.3, -0.25) is 0 Å². The molecule has 1 aromatic carbocycles. The van der Waals surface area contributed by atoms with Crippen molar-refractivity contribution in [3.8, 4) is 0 Å². The fraction of sp³-hybridized carbons (Fsp3) is 0.571. The van der Waals surface area contributed by atoms with Gasteiger partial charge in [-0.25, -0.2) is 13.1 Å². The molecule has 2 saturated carbocycles. The quantitative estimate of drug-likeness (QED) is 0.834. The van der Waals surface area contributed by atoms with Crippen molar-refractivity contribution in [3.05, 3.63) is 24.3 Å². The predicted molar refractivity (Wildman–Crippen MR) is 75.1 cm³/mol. The molecule has 0 aromatic heterocycles. The van der Waals surface area contributed by atoms with E-state index >= 15 is 0 Å². The Morgan fingerprint density at radius 1 is 1.16 bits per heavy atom. The molecule has 3 N–H and O–H groups in total. The summed E-state index contributed by atoms with van der Waals surface area (Å²) in [6.07, 6.45) is 7.04. The minimum atomic E-state index is -3.48. The number of hydrogen-bond acceptors (Lipinski definition) is 3. The summed E-state index contributed by atoms with van der Waals surface area (Å²) < 4.78 is 27.5. The van der Waals surface area contributed by atoms with E-state index in [1.54, 1.807) is 24.3 Å². The number of sulfonamides is 1. The normalized spacial score (nSPS) is 25.4. The van der Waals surface area contributed by atoms with Crippen LogP contribution in [0.25, 0.3) is 0 Å². The molecule has 104 valence electrons. The van der Waals surface area contributed by atoms with Crippen LogP contribution in [0.2, 0.25) is 0 Å². The van der Waals surface area contributed by atoms with E-state index in [9.17, 15) is 8.42 Å². The van der Waals surface area contributed by atoms with Crippen molar-refractivity contribution in [1.82, 2.24) is 4.72 Å². The van der Waals surface area contributed by atoms with Crippen LogP contribution in [-0.4, -0.2) is 14.5 Å². The second kappa shape index (κ2) is 4.49. The van der Waals surface area contributed by atoms with E-state index in [2.05, 4.69) is 4.72 Å². The Kier molecular flexibility index (Phi) is 3.06. The summed E-state index contributed by atoms with van der Waals surface area (Å²) in [5, 5.41) is 0. The summed E-state index contributed by atoms with van der Waals surface area (Å²) in [6.45, 7) is 0. The molecule has 0 bridgehead atoms. The lowest BCUT2D eigenvalue weighted by atomic mass is 9.86. The van der Waals surface area contributed by atoms with Crippen molar-refractivity contribution in [2.75, 3.05) is 5.73 Å². The van der Waals surface area contributed by atoms with Gasteiger partial charge in [0.2, 0.25) is 10.0 Å². The Morgan fingerprint density at radius 3 is 2.53 bits per heavy atom. The highest BCUT2D eigenvalue weighted by molar-refractivity contribution is 7.89. The minimum absolute atomic E-state index is 0.109. The van der Waals surface area contributed by atoms with Crippen molar-refractivity contribution < 1.29 is 8.42 Å². The van der Waals surface area contributed by atoms with E-state index in [0.29, 0.717) is 5.69 Å². The number of para-hydroxylation sites is 1. The molecule has 0 aliphatic heterocycles. The lowest BCUT2D eigenvalue weighted by Crippen LogP contribution is -2.31. The van der Waals surface area contributed by atoms with Crippen molar-refractivity contribution in [1.29, 1.82) is 0 Å². The van der Waals surface area contributed by atoms with Crippen LogP contribution in [-0.2, 0) is 10.0 Å². The van der Waals surface area contributed by atoms with Gasteiger partial charge in [-0.15, -0.1) is 0 Å². The lowest BCUT2D eigenvalue weighted by Gasteiger charge is -2.22. The number of anilines is 1. The fourth-order valence-electron chi connectivity index (χ4n) is 3.30. The van der Waals surface area contributed by atoms with Gasteiger partial charge in [0.05, 0.1) is 5.69 Å². The molecule has 2 fully saturated rings. The second-order valence-corrected chi connectivity index (χ2v) is 7.52. The molecule has 0 heterocycles. The Balaban J connectivity index is 1.75. The van der Waals surface area contributed by atoms with Gasteiger partial charge in [0.1, 0.15) is 4.90 Å². The molecule has 4 nitrogen and oxygen atoms in total. The molecule has 1 atom stereocenters. The average molecular weight is 280 g/mol. The Bertz CT molecular complexity index is 577. The Hall–Kier alpha value is -1.07. The number of nitrogen functional groups attached to an aromatic ring is 1. The number of nitrogens with one attached hydrogen (secondary N) is 1. The highest BCUT2D eigenvalue weighted by atomic mass is 32.2. The first-order valence-corrected chi connectivity index (χ1v) is 8.39. The van der Waals surface area contributed by atoms with Crippen molar-refractivity contribution in [3.63, 3.8) is 0 Å². The molecule has 0 radical (unpaired) electrons. The number of nitrogens with two attached hydrogens (primary N) is 1. The molecular formula is C14H20N2O2S. The molecular weight excluding hydrogens is 260 g/mol. The highest BCUT2D eigenvalue weighted by Crippen LogP contribution is 2.56. The van der Waals surface area contributed by atoms with Crippen LogP contribution < -0.4 is 10.5 Å². The number of hydrogen-bond donors (Lipinski definition) is 2. The summed E-state index contributed by atoms with van der Waals surface area (Å²) in [5.41, 5.74) is 6.31. The van der Waals surface area contributed by atoms with E-state index in [4.69, 9.17) is 5.73 Å². The van der Waals surface area contributed by atoms with Gasteiger partial charge in [-0.05, 0) is 36.8 Å². The minimum Gasteiger partial charge on any atom is -0.398 e. The van der Waals surface area contributed by atoms with Gasteiger partial charge in [0.25, 0.3) is 0 Å². The molecule has 2 aliphatic rings. The highest BCUT2D eigenvalue weighted by Gasteiger charge is 2.55. The molecule has 2 aliphatic carbocycles. The van der Waals surface area contributed by atoms with Crippen LogP contribution in [0.1, 0.15) is 38.5 Å². The van der Waals surface area contributed by atoms with Crippen molar-refractivity contribution in [2.24, 2.45) is 5.41 Å². The third kappa shape index (κ3) is 2.37. The fourth-order valence-corrected chi connectivity index (χ4v) is 4.77. The zero-order valence-electron chi connectivity index (χ0n) is 10.9. The van der Waals surface area contributed by atoms with Crippen LogP contribution in [0, 0.1) is 5.41 Å². The molecule has 1 unspecified atom stereocenters. The smallest absolute Gasteiger partial charge is 0.242 e. The first kappa shape index (κ1) is 12.9. The zero-order valence-corrected chi connectivity index (χ0v) is 11.7. The summed E-state index contributed by atoms with van der Waals surface area (Å²) in [5.74, 6) is 0. The van der Waals surface area contributed by atoms with E-state index in [1.165, 1.54) is 19.3 Å². The molecule has 19 heavy (non-hydrogen) atoms. The topological polar surface area (TPSA) is 72.2 Å². The summed E-state index contributed by atoms with van der Waals surface area (Å²) in [4.78, 5) is 0.202. The third-order valence-electron chi connectivity index (χ3n) is 4.54. The van der Waals surface area contributed by atoms with Gasteiger partial charge >= 0.3 is 0 Å². The average Bonchev–Trinajstić information content (AvgIpc) is 3.01. The van der Waals surface area contributed by atoms with Gasteiger partial charge < -0.3 is 5.73 Å². The predicted octanol–water partition coefficient (Wildman–Crippen LogP) is 2.27. The van der Waals surface area contributed by atoms with Gasteiger partial charge in [0.15, 0.2) is 0 Å². The molecule has 3 rings (SSSR count). The number of rotatable bonds is 3. The van der Waals surface area contributed by atoms with Gasteiger partial charge in [-0.2, -0.15) is 0 Å². The van der Waals surface area contributed by atoms with E-state index in [0.717, 1.165) is 19.3 Å². The summed E-state index contributed by atoms with van der Waals surface area (Å²) in [6, 6.07) is 6.74. The summed E-state index contributed by atoms with van der Waals surface area (Å²) in [7, 11) is -3.48. The Labute approximate surface area is 114 Å². The number of benzene rings is 1. The van der Waals surface area contributed by atoms with Crippen molar-refractivity contribution in [2.45, 2.75) is 49.5 Å². The maximum Gasteiger partial charge on any atom is 0.242 e. The lowest BCUT2D eigenvalue weighted by molar-refractivity contribution is 0.321. The first-order valence-electron chi connectivity index (χ1n) is 6.90. The van der Waals surface area contributed by atoms with E-state index in [-0.39, 0.29) is 16.4 Å². The molecule has 1 spiro atoms. The third-order valence-corrected chi connectivity index (χ3v) is 6.09. The van der Waals surface area contributed by atoms with Crippen LogP contribution >= 0.6 is 0 Å². The standard InChI is InChI=1S/C14H20N2O2S/c15-11-6-2-3-7-12(11)19(17,18)16-13-10-14(13)8-4-1-5-9-14/h2-3,6-7,13,16H,1,4-5,8-10,15H2. The largest absolute Gasteiger partial charge is 0.398 e. The maximum atomic E-state index is 12.3. The van der Waals surface area contributed by atoms with Crippen LogP contribution in [0.15, 0.2) is 29.2 Å². The van der Waals surface area contributed by atoms with Crippen molar-refractivity contribution >= 4 is 15.7 Å². The summed E-state index contributed by atoms with van der Waals surface area (Å²) >= 11 is 0.